The topological polar surface area (TPSA) is 55.1 Å². The fourth-order valence-electron chi connectivity index (χ4n) is 2.09. The summed E-state index contributed by atoms with van der Waals surface area (Å²) in [4.78, 5) is 12.5. The smallest absolute Gasteiger partial charge is 0.228 e. The Morgan fingerprint density at radius 3 is 2.52 bits per heavy atom. The van der Waals surface area contributed by atoms with E-state index < -0.39 is 0 Å². The number of anilines is 1. The number of amides is 1. The van der Waals surface area contributed by atoms with Gasteiger partial charge in [-0.25, -0.2) is 0 Å². The van der Waals surface area contributed by atoms with E-state index in [9.17, 15) is 4.79 Å². The summed E-state index contributed by atoms with van der Waals surface area (Å²) in [6, 6.07) is 13.4. The highest BCUT2D eigenvalue weighted by atomic mass is 32.1. The first kappa shape index (κ1) is 15.2. The summed E-state index contributed by atoms with van der Waals surface area (Å²) in [5, 5.41) is 2.93. The highest BCUT2D eigenvalue weighted by molar-refractivity contribution is 7.80. The standard InChI is InChI=1S/C17H18N2OS/c1-11-5-3-4-6-13(11)10-16(20)19-15-9-14(17(18)21)8-7-12(15)2/h3-9H,10H2,1-2H3,(H2,18,21)(H,19,20). The third-order valence-corrected chi connectivity index (χ3v) is 3.64. The van der Waals surface area contributed by atoms with Crippen LogP contribution in [0.1, 0.15) is 22.3 Å². The van der Waals surface area contributed by atoms with Crippen LogP contribution in [0.4, 0.5) is 5.69 Å². The number of carbonyl (C=O) groups excluding carboxylic acids is 1. The predicted octanol–water partition coefficient (Wildman–Crippen LogP) is 3.12. The Hall–Kier alpha value is -2.20. The number of nitrogens with two attached hydrogens (primary N) is 1. The lowest BCUT2D eigenvalue weighted by Crippen LogP contribution is -2.17. The molecule has 2 rings (SSSR count). The van der Waals surface area contributed by atoms with Crippen molar-refractivity contribution in [2.75, 3.05) is 5.32 Å². The SMILES string of the molecule is Cc1ccccc1CC(=O)Nc1cc(C(N)=S)ccc1C. The van der Waals surface area contributed by atoms with Crippen molar-refractivity contribution < 1.29 is 4.79 Å². The molecule has 0 heterocycles. The van der Waals surface area contributed by atoms with Crippen LogP contribution in [0.2, 0.25) is 0 Å². The van der Waals surface area contributed by atoms with Crippen LogP contribution in [-0.2, 0) is 11.2 Å². The lowest BCUT2D eigenvalue weighted by atomic mass is 10.1. The number of hydrogen-bond acceptors (Lipinski definition) is 2. The van der Waals surface area contributed by atoms with Gasteiger partial charge in [-0.2, -0.15) is 0 Å². The summed E-state index contributed by atoms with van der Waals surface area (Å²) >= 11 is 4.97. The zero-order valence-electron chi connectivity index (χ0n) is 12.1. The first-order valence-corrected chi connectivity index (χ1v) is 7.13. The molecule has 0 aliphatic heterocycles. The summed E-state index contributed by atoms with van der Waals surface area (Å²) in [6.45, 7) is 3.94. The van der Waals surface area contributed by atoms with E-state index in [2.05, 4.69) is 5.32 Å². The van der Waals surface area contributed by atoms with Crippen LogP contribution in [-0.4, -0.2) is 10.9 Å². The second-order valence-corrected chi connectivity index (χ2v) is 5.49. The fraction of sp³-hybridized carbons (Fsp3) is 0.176. The Labute approximate surface area is 130 Å². The number of rotatable bonds is 4. The number of hydrogen-bond donors (Lipinski definition) is 2. The van der Waals surface area contributed by atoms with Crippen molar-refractivity contribution >= 4 is 28.8 Å². The van der Waals surface area contributed by atoms with Crippen LogP contribution < -0.4 is 11.1 Å². The Morgan fingerprint density at radius 2 is 1.86 bits per heavy atom. The first-order valence-electron chi connectivity index (χ1n) is 6.72. The molecule has 0 atom stereocenters. The summed E-state index contributed by atoms with van der Waals surface area (Å²) < 4.78 is 0. The first-order chi connectivity index (χ1) is 9.97. The molecule has 0 radical (unpaired) electrons. The average Bonchev–Trinajstić information content (AvgIpc) is 2.43. The van der Waals surface area contributed by atoms with Gasteiger partial charge < -0.3 is 11.1 Å². The van der Waals surface area contributed by atoms with E-state index in [1.165, 1.54) is 0 Å². The van der Waals surface area contributed by atoms with E-state index in [-0.39, 0.29) is 5.91 Å². The van der Waals surface area contributed by atoms with Gasteiger partial charge in [-0.05, 0) is 36.6 Å². The fourth-order valence-corrected chi connectivity index (χ4v) is 2.21. The molecule has 1 amide bonds. The second kappa shape index (κ2) is 6.50. The molecule has 0 aliphatic rings. The Bertz CT molecular complexity index is 695. The van der Waals surface area contributed by atoms with E-state index in [1.54, 1.807) is 0 Å². The summed E-state index contributed by atoms with van der Waals surface area (Å²) in [7, 11) is 0. The molecule has 2 aromatic rings. The molecular formula is C17H18N2OS. The van der Waals surface area contributed by atoms with E-state index in [0.29, 0.717) is 11.4 Å². The minimum Gasteiger partial charge on any atom is -0.389 e. The minimum atomic E-state index is -0.0486. The van der Waals surface area contributed by atoms with Crippen LogP contribution in [0.5, 0.6) is 0 Å². The van der Waals surface area contributed by atoms with Crippen LogP contribution in [0.15, 0.2) is 42.5 Å². The summed E-state index contributed by atoms with van der Waals surface area (Å²) in [6.07, 6.45) is 0.351. The lowest BCUT2D eigenvalue weighted by molar-refractivity contribution is -0.115. The quantitative estimate of drug-likeness (QED) is 0.853. The largest absolute Gasteiger partial charge is 0.389 e. The maximum atomic E-state index is 12.2. The van der Waals surface area contributed by atoms with Crippen molar-refractivity contribution in [2.45, 2.75) is 20.3 Å². The van der Waals surface area contributed by atoms with Crippen LogP contribution >= 0.6 is 12.2 Å². The Morgan fingerprint density at radius 1 is 1.14 bits per heavy atom. The maximum Gasteiger partial charge on any atom is 0.228 e. The monoisotopic (exact) mass is 298 g/mol. The van der Waals surface area contributed by atoms with Gasteiger partial charge in [0.15, 0.2) is 0 Å². The molecule has 3 N–H and O–H groups in total. The molecule has 0 spiro atoms. The van der Waals surface area contributed by atoms with Gasteiger partial charge in [0.05, 0.1) is 6.42 Å². The van der Waals surface area contributed by atoms with Crippen molar-refractivity contribution in [1.29, 1.82) is 0 Å². The van der Waals surface area contributed by atoms with Gasteiger partial charge in [-0.1, -0.05) is 48.6 Å². The highest BCUT2D eigenvalue weighted by Crippen LogP contribution is 2.18. The van der Waals surface area contributed by atoms with E-state index in [4.69, 9.17) is 18.0 Å². The number of carbonyl (C=O) groups is 1. The summed E-state index contributed by atoms with van der Waals surface area (Å²) in [5.74, 6) is -0.0486. The molecule has 3 nitrogen and oxygen atoms in total. The number of benzene rings is 2. The highest BCUT2D eigenvalue weighted by Gasteiger charge is 2.09. The number of thiocarbonyl (C=S) groups is 1. The van der Waals surface area contributed by atoms with Gasteiger partial charge in [0.25, 0.3) is 0 Å². The van der Waals surface area contributed by atoms with Gasteiger partial charge in [0, 0.05) is 11.3 Å². The molecule has 21 heavy (non-hydrogen) atoms. The van der Waals surface area contributed by atoms with E-state index in [1.807, 2.05) is 56.3 Å². The van der Waals surface area contributed by atoms with E-state index >= 15 is 0 Å². The average molecular weight is 298 g/mol. The molecule has 0 unspecified atom stereocenters. The van der Waals surface area contributed by atoms with Gasteiger partial charge >= 0.3 is 0 Å². The molecule has 0 bridgehead atoms. The van der Waals surface area contributed by atoms with Crippen molar-refractivity contribution in [3.63, 3.8) is 0 Å². The van der Waals surface area contributed by atoms with Gasteiger partial charge in [0.1, 0.15) is 4.99 Å². The second-order valence-electron chi connectivity index (χ2n) is 5.05. The molecule has 0 aromatic heterocycles. The zero-order valence-corrected chi connectivity index (χ0v) is 13.0. The Balaban J connectivity index is 2.15. The minimum absolute atomic E-state index is 0.0486. The van der Waals surface area contributed by atoms with Gasteiger partial charge in [-0.3, -0.25) is 4.79 Å². The third-order valence-electron chi connectivity index (χ3n) is 3.41. The molecule has 0 fully saturated rings. The van der Waals surface area contributed by atoms with Crippen molar-refractivity contribution in [3.05, 3.63) is 64.7 Å². The third kappa shape index (κ3) is 3.89. The lowest BCUT2D eigenvalue weighted by Gasteiger charge is -2.11. The predicted molar refractivity (Wildman–Crippen MR) is 90.6 cm³/mol. The van der Waals surface area contributed by atoms with Crippen LogP contribution in [0.3, 0.4) is 0 Å². The van der Waals surface area contributed by atoms with Gasteiger partial charge in [0.2, 0.25) is 5.91 Å². The molecule has 2 aromatic carbocycles. The number of aryl methyl sites for hydroxylation is 2. The molecule has 0 saturated heterocycles. The van der Waals surface area contributed by atoms with Crippen LogP contribution in [0.25, 0.3) is 0 Å². The molecule has 0 aliphatic carbocycles. The van der Waals surface area contributed by atoms with Crippen LogP contribution in [0, 0.1) is 13.8 Å². The maximum absolute atomic E-state index is 12.2. The molecular weight excluding hydrogens is 280 g/mol. The van der Waals surface area contributed by atoms with Gasteiger partial charge in [-0.15, -0.1) is 0 Å². The molecule has 4 heteroatoms. The molecule has 0 saturated carbocycles. The zero-order chi connectivity index (χ0) is 15.4. The van der Waals surface area contributed by atoms with E-state index in [0.717, 1.165) is 27.9 Å². The normalized spacial score (nSPS) is 10.2. The van der Waals surface area contributed by atoms with Crippen molar-refractivity contribution in [3.8, 4) is 0 Å². The summed E-state index contributed by atoms with van der Waals surface area (Å²) in [5.41, 5.74) is 10.2. The number of nitrogens with one attached hydrogen (secondary N) is 1. The molecule has 108 valence electrons. The Kier molecular flexibility index (Phi) is 4.70. The van der Waals surface area contributed by atoms with Crippen molar-refractivity contribution in [1.82, 2.24) is 0 Å². The van der Waals surface area contributed by atoms with Crippen molar-refractivity contribution in [2.24, 2.45) is 5.73 Å².